The van der Waals surface area contributed by atoms with Crippen LogP contribution in [0.5, 0.6) is 0 Å². The van der Waals surface area contributed by atoms with Crippen LogP contribution < -0.4 is 16.0 Å². The standard InChI is InChI=1S/C20H15FN4O4S/c21-13-2-6-15(7-3-13)25-18(26)10-1-12-11-17(24-19(12)25)20(27)23-14-4-8-16(9-5-14)30(22,28)29/h1-11,24H,(H,23,27)(H2,22,28,29). The van der Waals surface area contributed by atoms with E-state index in [2.05, 4.69) is 10.3 Å². The highest BCUT2D eigenvalue weighted by Gasteiger charge is 2.14. The number of nitrogens with one attached hydrogen (secondary N) is 2. The zero-order valence-electron chi connectivity index (χ0n) is 15.3. The first-order valence-corrected chi connectivity index (χ1v) is 10.2. The normalized spacial score (nSPS) is 11.5. The molecule has 4 N–H and O–H groups in total. The minimum atomic E-state index is -3.83. The predicted molar refractivity (Wildman–Crippen MR) is 110 cm³/mol. The molecule has 0 saturated carbocycles. The molecule has 4 aromatic rings. The zero-order chi connectivity index (χ0) is 21.5. The lowest BCUT2D eigenvalue weighted by Crippen LogP contribution is -2.17. The third kappa shape index (κ3) is 3.73. The summed E-state index contributed by atoms with van der Waals surface area (Å²) in [5, 5.41) is 8.30. The van der Waals surface area contributed by atoms with E-state index in [0.29, 0.717) is 22.4 Å². The molecule has 0 spiro atoms. The van der Waals surface area contributed by atoms with E-state index in [-0.39, 0.29) is 16.1 Å². The summed E-state index contributed by atoms with van der Waals surface area (Å²) in [7, 11) is -3.83. The van der Waals surface area contributed by atoms with Crippen LogP contribution in [0.2, 0.25) is 0 Å². The van der Waals surface area contributed by atoms with Gasteiger partial charge in [0.25, 0.3) is 11.5 Å². The van der Waals surface area contributed by atoms with Gasteiger partial charge in [-0.05, 0) is 60.7 Å². The Morgan fingerprint density at radius 3 is 2.30 bits per heavy atom. The summed E-state index contributed by atoms with van der Waals surface area (Å²) in [6.45, 7) is 0. The van der Waals surface area contributed by atoms with Gasteiger partial charge in [0, 0.05) is 17.1 Å². The number of aromatic nitrogens is 2. The van der Waals surface area contributed by atoms with Gasteiger partial charge >= 0.3 is 0 Å². The average molecular weight is 426 g/mol. The lowest BCUT2D eigenvalue weighted by molar-refractivity contribution is 0.102. The second-order valence-corrected chi connectivity index (χ2v) is 8.06. The van der Waals surface area contributed by atoms with Crippen molar-refractivity contribution in [2.45, 2.75) is 4.90 Å². The van der Waals surface area contributed by atoms with Crippen molar-refractivity contribution in [3.8, 4) is 5.69 Å². The molecule has 2 aromatic carbocycles. The number of rotatable bonds is 4. The highest BCUT2D eigenvalue weighted by molar-refractivity contribution is 7.89. The summed E-state index contributed by atoms with van der Waals surface area (Å²) in [6.07, 6.45) is 0. The number of hydrogen-bond acceptors (Lipinski definition) is 4. The van der Waals surface area contributed by atoms with Crippen LogP contribution in [0.15, 0.2) is 76.4 Å². The topological polar surface area (TPSA) is 127 Å². The Bertz CT molecular complexity index is 1420. The molecular weight excluding hydrogens is 411 g/mol. The van der Waals surface area contributed by atoms with Crippen molar-refractivity contribution in [3.05, 3.63) is 88.6 Å². The molecule has 152 valence electrons. The predicted octanol–water partition coefficient (Wildman–Crippen LogP) is 2.36. The van der Waals surface area contributed by atoms with E-state index in [1.807, 2.05) is 0 Å². The summed E-state index contributed by atoms with van der Waals surface area (Å²) < 4.78 is 37.2. The smallest absolute Gasteiger partial charge is 0.272 e. The van der Waals surface area contributed by atoms with Crippen molar-refractivity contribution in [2.75, 3.05) is 5.32 Å². The Hall–Kier alpha value is -3.76. The summed E-state index contributed by atoms with van der Waals surface area (Å²) >= 11 is 0. The van der Waals surface area contributed by atoms with Crippen LogP contribution in [0.1, 0.15) is 10.5 Å². The Morgan fingerprint density at radius 1 is 1.00 bits per heavy atom. The number of carbonyl (C=O) groups is 1. The Balaban J connectivity index is 1.68. The van der Waals surface area contributed by atoms with Crippen molar-refractivity contribution in [1.29, 1.82) is 0 Å². The SMILES string of the molecule is NS(=O)(=O)c1ccc(NC(=O)c2cc3ccc(=O)n(-c4ccc(F)cc4)c3[nH]2)cc1. The maximum atomic E-state index is 13.2. The first-order valence-electron chi connectivity index (χ1n) is 8.67. The first-order chi connectivity index (χ1) is 14.2. The molecule has 2 aromatic heterocycles. The van der Waals surface area contributed by atoms with Crippen molar-refractivity contribution in [2.24, 2.45) is 5.14 Å². The lowest BCUT2D eigenvalue weighted by Gasteiger charge is -2.07. The van der Waals surface area contributed by atoms with Crippen LogP contribution in [0, 0.1) is 5.82 Å². The molecule has 0 atom stereocenters. The maximum Gasteiger partial charge on any atom is 0.272 e. The number of H-pyrrole nitrogens is 1. The lowest BCUT2D eigenvalue weighted by atomic mass is 10.2. The van der Waals surface area contributed by atoms with Gasteiger partial charge in [0.1, 0.15) is 17.2 Å². The number of pyridine rings is 1. The van der Waals surface area contributed by atoms with E-state index >= 15 is 0 Å². The minimum Gasteiger partial charge on any atom is -0.336 e. The number of nitrogens with two attached hydrogens (primary N) is 1. The number of primary sulfonamides is 1. The number of amides is 1. The third-order valence-electron chi connectivity index (χ3n) is 4.45. The van der Waals surface area contributed by atoms with Gasteiger partial charge in [0.2, 0.25) is 10.0 Å². The molecule has 4 rings (SSSR count). The number of fused-ring (bicyclic) bond motifs is 1. The largest absolute Gasteiger partial charge is 0.336 e. The van der Waals surface area contributed by atoms with Gasteiger partial charge in [-0.2, -0.15) is 0 Å². The van der Waals surface area contributed by atoms with E-state index in [9.17, 15) is 22.4 Å². The van der Waals surface area contributed by atoms with Crippen molar-refractivity contribution in [1.82, 2.24) is 9.55 Å². The van der Waals surface area contributed by atoms with Gasteiger partial charge in [-0.3, -0.25) is 14.2 Å². The van der Waals surface area contributed by atoms with Crippen LogP contribution >= 0.6 is 0 Å². The Morgan fingerprint density at radius 2 is 1.67 bits per heavy atom. The molecule has 0 unspecified atom stereocenters. The number of nitrogens with zero attached hydrogens (tertiary/aromatic N) is 1. The van der Waals surface area contributed by atoms with Gasteiger partial charge < -0.3 is 10.3 Å². The number of hydrogen-bond donors (Lipinski definition) is 3. The molecule has 1 amide bonds. The average Bonchev–Trinajstić information content (AvgIpc) is 3.13. The van der Waals surface area contributed by atoms with Gasteiger partial charge in [0.05, 0.1) is 10.6 Å². The Kier molecular flexibility index (Phi) is 4.72. The molecule has 0 fully saturated rings. The van der Waals surface area contributed by atoms with Gasteiger partial charge in [0.15, 0.2) is 0 Å². The number of aromatic amines is 1. The van der Waals surface area contributed by atoms with Crippen LogP contribution in [-0.2, 0) is 10.0 Å². The molecule has 0 bridgehead atoms. The number of carbonyl (C=O) groups excluding carboxylic acids is 1. The molecule has 0 aliphatic heterocycles. The fourth-order valence-electron chi connectivity index (χ4n) is 3.01. The van der Waals surface area contributed by atoms with Crippen molar-refractivity contribution >= 4 is 32.7 Å². The fraction of sp³-hybridized carbons (Fsp3) is 0. The summed E-state index contributed by atoms with van der Waals surface area (Å²) in [4.78, 5) is 27.9. The second-order valence-electron chi connectivity index (χ2n) is 6.49. The monoisotopic (exact) mass is 426 g/mol. The fourth-order valence-corrected chi connectivity index (χ4v) is 3.53. The van der Waals surface area contributed by atoms with E-state index in [0.717, 1.165) is 0 Å². The van der Waals surface area contributed by atoms with Crippen LogP contribution in [0.4, 0.5) is 10.1 Å². The van der Waals surface area contributed by atoms with Crippen LogP contribution in [0.3, 0.4) is 0 Å². The summed E-state index contributed by atoms with van der Waals surface area (Å²) in [5.41, 5.74) is 1.02. The number of benzene rings is 2. The van der Waals surface area contributed by atoms with Crippen LogP contribution in [-0.4, -0.2) is 23.9 Å². The molecular formula is C20H15FN4O4S. The van der Waals surface area contributed by atoms with Gasteiger partial charge in [-0.1, -0.05) is 0 Å². The van der Waals surface area contributed by atoms with Gasteiger partial charge in [-0.15, -0.1) is 0 Å². The second kappa shape index (κ2) is 7.25. The molecule has 2 heterocycles. The van der Waals surface area contributed by atoms with Crippen molar-refractivity contribution in [3.63, 3.8) is 0 Å². The van der Waals surface area contributed by atoms with E-state index < -0.39 is 21.7 Å². The molecule has 0 radical (unpaired) electrons. The molecule has 8 nitrogen and oxygen atoms in total. The first kappa shape index (κ1) is 19.6. The highest BCUT2D eigenvalue weighted by atomic mass is 32.2. The quantitative estimate of drug-likeness (QED) is 0.463. The minimum absolute atomic E-state index is 0.0746. The summed E-state index contributed by atoms with van der Waals surface area (Å²) in [5.74, 6) is -0.924. The van der Waals surface area contributed by atoms with E-state index in [1.165, 1.54) is 59.2 Å². The molecule has 10 heteroatoms. The number of sulfonamides is 1. The zero-order valence-corrected chi connectivity index (χ0v) is 16.1. The van der Waals surface area contributed by atoms with E-state index in [1.54, 1.807) is 12.1 Å². The molecule has 0 saturated heterocycles. The number of anilines is 1. The van der Waals surface area contributed by atoms with Crippen molar-refractivity contribution < 1.29 is 17.6 Å². The Labute approximate surface area is 169 Å². The summed E-state index contributed by atoms with van der Waals surface area (Å²) in [6, 6.07) is 15.3. The number of halogens is 1. The highest BCUT2D eigenvalue weighted by Crippen LogP contribution is 2.19. The molecule has 0 aliphatic carbocycles. The maximum absolute atomic E-state index is 13.2. The molecule has 30 heavy (non-hydrogen) atoms. The van der Waals surface area contributed by atoms with E-state index in [4.69, 9.17) is 5.14 Å². The third-order valence-corrected chi connectivity index (χ3v) is 5.38. The van der Waals surface area contributed by atoms with Crippen LogP contribution in [0.25, 0.3) is 16.7 Å². The van der Waals surface area contributed by atoms with Gasteiger partial charge in [-0.25, -0.2) is 17.9 Å². The molecule has 0 aliphatic rings.